The third-order valence-electron chi connectivity index (χ3n) is 3.81. The van der Waals surface area contributed by atoms with Crippen LogP contribution in [0.3, 0.4) is 0 Å². The lowest BCUT2D eigenvalue weighted by Gasteiger charge is -2.11. The van der Waals surface area contributed by atoms with E-state index in [2.05, 4.69) is 10.1 Å². The van der Waals surface area contributed by atoms with E-state index in [1.165, 1.54) is 6.07 Å². The van der Waals surface area contributed by atoms with Crippen molar-refractivity contribution in [1.29, 1.82) is 0 Å². The van der Waals surface area contributed by atoms with Crippen LogP contribution >= 0.6 is 0 Å². The summed E-state index contributed by atoms with van der Waals surface area (Å²) in [6.07, 6.45) is 1.28. The monoisotopic (exact) mass is 344 g/mol. The first-order chi connectivity index (χ1) is 12.1. The molecule has 7 nitrogen and oxygen atoms in total. The maximum atomic E-state index is 11.7. The zero-order chi connectivity index (χ0) is 17.8. The van der Waals surface area contributed by atoms with Gasteiger partial charge in [-0.15, -0.1) is 0 Å². The zero-order valence-electron chi connectivity index (χ0n) is 14.5. The van der Waals surface area contributed by atoms with E-state index in [1.54, 1.807) is 7.11 Å². The molecule has 1 aromatic carbocycles. The fraction of sp³-hybridized carbons (Fsp3) is 0.389. The normalized spacial score (nSPS) is 11.2. The number of aromatic nitrogens is 2. The van der Waals surface area contributed by atoms with Crippen LogP contribution in [0.25, 0.3) is 11.0 Å². The number of fused-ring (bicyclic) bond motifs is 1. The molecule has 0 spiro atoms. The summed E-state index contributed by atoms with van der Waals surface area (Å²) >= 11 is 0. The van der Waals surface area contributed by atoms with Gasteiger partial charge in [-0.05, 0) is 36.6 Å². The molecule has 0 N–H and O–H groups in total. The molecule has 2 aromatic heterocycles. The largest absolute Gasteiger partial charge is 0.483 e. The third-order valence-corrected chi connectivity index (χ3v) is 3.81. The molecule has 3 rings (SSSR count). The fourth-order valence-corrected chi connectivity index (χ4v) is 2.65. The maximum Gasteiger partial charge on any atom is 0.336 e. The van der Waals surface area contributed by atoms with E-state index in [4.69, 9.17) is 18.4 Å². The summed E-state index contributed by atoms with van der Waals surface area (Å²) in [5.74, 6) is 1.60. The lowest BCUT2D eigenvalue weighted by atomic mass is 10.1. The van der Waals surface area contributed by atoms with Gasteiger partial charge in [-0.3, -0.25) is 0 Å². The number of rotatable bonds is 7. The first-order valence-electron chi connectivity index (χ1n) is 8.11. The lowest BCUT2D eigenvalue weighted by Crippen LogP contribution is -2.03. The van der Waals surface area contributed by atoms with E-state index in [9.17, 15) is 4.79 Å². The molecule has 3 aromatic rings. The number of aryl methyl sites for hydroxylation is 2. The van der Waals surface area contributed by atoms with Gasteiger partial charge in [-0.1, -0.05) is 12.1 Å². The minimum atomic E-state index is -0.361. The van der Waals surface area contributed by atoms with Crippen molar-refractivity contribution in [3.63, 3.8) is 0 Å². The maximum absolute atomic E-state index is 11.7. The Kier molecular flexibility index (Phi) is 5.14. The summed E-state index contributed by atoms with van der Waals surface area (Å²) < 4.78 is 21.4. The van der Waals surface area contributed by atoms with Crippen LogP contribution in [0.2, 0.25) is 0 Å². The molecule has 0 atom stereocenters. The molecule has 25 heavy (non-hydrogen) atoms. The van der Waals surface area contributed by atoms with Crippen molar-refractivity contribution < 1.29 is 18.4 Å². The van der Waals surface area contributed by atoms with Crippen molar-refractivity contribution >= 4 is 11.0 Å². The molecule has 0 radical (unpaired) electrons. The molecule has 0 fully saturated rings. The number of ether oxygens (including phenoxy) is 2. The van der Waals surface area contributed by atoms with Crippen LogP contribution in [-0.4, -0.2) is 23.9 Å². The summed E-state index contributed by atoms with van der Waals surface area (Å²) in [5, 5.41) is 4.68. The molecule has 0 unspecified atom stereocenters. The first kappa shape index (κ1) is 17.2. The van der Waals surface area contributed by atoms with Crippen molar-refractivity contribution in [1.82, 2.24) is 10.1 Å². The van der Waals surface area contributed by atoms with Crippen molar-refractivity contribution in [3.8, 4) is 5.75 Å². The van der Waals surface area contributed by atoms with Gasteiger partial charge < -0.3 is 18.4 Å². The molecule has 0 saturated heterocycles. The van der Waals surface area contributed by atoms with Crippen molar-refractivity contribution in [2.45, 2.75) is 33.3 Å². The molecule has 0 aliphatic carbocycles. The molecule has 0 bridgehead atoms. The predicted octanol–water partition coefficient (Wildman–Crippen LogP) is 2.81. The molecule has 132 valence electrons. The van der Waals surface area contributed by atoms with E-state index in [0.717, 1.165) is 16.5 Å². The molecule has 0 aliphatic heterocycles. The molecular weight excluding hydrogens is 324 g/mol. The molecular formula is C18H20N2O5. The molecule has 7 heteroatoms. The molecule has 0 aliphatic rings. The highest BCUT2D eigenvalue weighted by molar-refractivity contribution is 5.87. The molecule has 0 amide bonds. The Labute approximate surface area is 144 Å². The highest BCUT2D eigenvalue weighted by Gasteiger charge is 2.13. The highest BCUT2D eigenvalue weighted by atomic mass is 16.5. The SMILES string of the molecule is CCc1cc(=O)oc2cc(C)cc(OCc3nc(CCOC)no3)c12. The van der Waals surface area contributed by atoms with Gasteiger partial charge in [0.2, 0.25) is 0 Å². The Morgan fingerprint density at radius 2 is 2.08 bits per heavy atom. The first-order valence-corrected chi connectivity index (χ1v) is 8.11. The van der Waals surface area contributed by atoms with Crippen LogP contribution < -0.4 is 10.4 Å². The average Bonchev–Trinajstić information content (AvgIpc) is 3.04. The number of hydrogen-bond donors (Lipinski definition) is 0. The summed E-state index contributed by atoms with van der Waals surface area (Å²) in [4.78, 5) is 16.0. The van der Waals surface area contributed by atoms with Gasteiger partial charge in [0.05, 0.1) is 12.0 Å². The summed E-state index contributed by atoms with van der Waals surface area (Å²) in [7, 11) is 1.62. The number of hydrogen-bond acceptors (Lipinski definition) is 7. The standard InChI is InChI=1S/C18H20N2O5/c1-4-12-9-17(21)24-14-8-11(2)7-13(18(12)14)23-10-16-19-15(20-25-16)5-6-22-3/h7-9H,4-6,10H2,1-3H3. The van der Waals surface area contributed by atoms with Crippen LogP contribution in [0.5, 0.6) is 5.75 Å². The van der Waals surface area contributed by atoms with Crippen LogP contribution in [-0.2, 0) is 24.2 Å². The smallest absolute Gasteiger partial charge is 0.336 e. The number of methoxy groups -OCH3 is 1. The number of benzene rings is 1. The average molecular weight is 344 g/mol. The molecule has 0 saturated carbocycles. The predicted molar refractivity (Wildman–Crippen MR) is 90.8 cm³/mol. The third kappa shape index (κ3) is 3.88. The zero-order valence-corrected chi connectivity index (χ0v) is 14.5. The van der Waals surface area contributed by atoms with Gasteiger partial charge in [-0.25, -0.2) is 4.79 Å². The number of nitrogens with zero attached hydrogens (tertiary/aromatic N) is 2. The van der Waals surface area contributed by atoms with Crippen molar-refractivity contribution in [2.75, 3.05) is 13.7 Å². The van der Waals surface area contributed by atoms with Gasteiger partial charge in [0, 0.05) is 19.6 Å². The topological polar surface area (TPSA) is 87.6 Å². The lowest BCUT2D eigenvalue weighted by molar-refractivity contribution is 0.199. The second kappa shape index (κ2) is 7.48. The quantitative estimate of drug-likeness (QED) is 0.609. The van der Waals surface area contributed by atoms with E-state index < -0.39 is 0 Å². The van der Waals surface area contributed by atoms with Gasteiger partial charge >= 0.3 is 5.63 Å². The Morgan fingerprint density at radius 3 is 2.84 bits per heavy atom. The Balaban J connectivity index is 1.88. The minimum absolute atomic E-state index is 0.140. The second-order valence-electron chi connectivity index (χ2n) is 5.72. The van der Waals surface area contributed by atoms with Crippen LogP contribution in [0, 0.1) is 6.92 Å². The van der Waals surface area contributed by atoms with Gasteiger partial charge in [-0.2, -0.15) is 4.98 Å². The van der Waals surface area contributed by atoms with E-state index in [-0.39, 0.29) is 12.2 Å². The Bertz CT molecular complexity index is 929. The van der Waals surface area contributed by atoms with Crippen molar-refractivity contribution in [2.24, 2.45) is 0 Å². The highest BCUT2D eigenvalue weighted by Crippen LogP contribution is 2.30. The Morgan fingerprint density at radius 1 is 1.24 bits per heavy atom. The van der Waals surface area contributed by atoms with Crippen molar-refractivity contribution in [3.05, 3.63) is 51.5 Å². The van der Waals surface area contributed by atoms with Crippen LogP contribution in [0.1, 0.15) is 29.8 Å². The summed E-state index contributed by atoms with van der Waals surface area (Å²) in [5.41, 5.74) is 1.98. The van der Waals surface area contributed by atoms with E-state index in [1.807, 2.05) is 26.0 Å². The fourth-order valence-electron chi connectivity index (χ4n) is 2.65. The summed E-state index contributed by atoms with van der Waals surface area (Å²) in [6, 6.07) is 5.24. The van der Waals surface area contributed by atoms with Gasteiger partial charge in [0.15, 0.2) is 12.4 Å². The summed E-state index contributed by atoms with van der Waals surface area (Å²) in [6.45, 7) is 4.57. The van der Waals surface area contributed by atoms with Crippen LogP contribution in [0.4, 0.5) is 0 Å². The van der Waals surface area contributed by atoms with Crippen LogP contribution in [0.15, 0.2) is 31.9 Å². The van der Waals surface area contributed by atoms with Gasteiger partial charge in [0.1, 0.15) is 11.3 Å². The minimum Gasteiger partial charge on any atom is -0.483 e. The molecule has 2 heterocycles. The van der Waals surface area contributed by atoms with E-state index in [0.29, 0.717) is 42.5 Å². The Hall–Kier alpha value is -2.67. The van der Waals surface area contributed by atoms with Gasteiger partial charge in [0.25, 0.3) is 5.89 Å². The second-order valence-corrected chi connectivity index (χ2v) is 5.72. The van der Waals surface area contributed by atoms with E-state index >= 15 is 0 Å².